The van der Waals surface area contributed by atoms with E-state index in [0.717, 1.165) is 17.7 Å². The normalized spacial score (nSPS) is 18.1. The summed E-state index contributed by atoms with van der Waals surface area (Å²) in [4.78, 5) is 23.4. The lowest BCUT2D eigenvalue weighted by molar-refractivity contribution is -0.119. The first-order valence-corrected chi connectivity index (χ1v) is 7.91. The number of carbonyl (C=O) groups is 2. The number of carbonyl (C=O) groups excluding carboxylic acids is 2. The minimum Gasteiger partial charge on any atom is -0.374 e. The zero-order chi connectivity index (χ0) is 17.1. The second kappa shape index (κ2) is 6.74. The molecule has 126 valence electrons. The second-order valence-corrected chi connectivity index (χ2v) is 5.97. The maximum absolute atomic E-state index is 12.1. The summed E-state index contributed by atoms with van der Waals surface area (Å²) in [5, 5.41) is 12.5. The predicted octanol–water partition coefficient (Wildman–Crippen LogP) is 2.37. The minimum atomic E-state index is -0.438. The number of amides is 2. The van der Waals surface area contributed by atoms with Gasteiger partial charge in [0.2, 0.25) is 17.7 Å². The van der Waals surface area contributed by atoms with Gasteiger partial charge in [-0.3, -0.25) is 14.9 Å². The predicted molar refractivity (Wildman–Crippen MR) is 89.5 cm³/mol. The number of benzene rings is 1. The van der Waals surface area contributed by atoms with E-state index < -0.39 is 6.04 Å². The number of nitrogens with zero attached hydrogens (tertiary/aromatic N) is 1. The van der Waals surface area contributed by atoms with Gasteiger partial charge in [0.05, 0.1) is 11.7 Å². The Bertz CT molecular complexity index is 739. The molecule has 1 aliphatic heterocycles. The number of nitrogens with one attached hydrogen (secondary N) is 3. The Hall–Kier alpha value is -2.83. The molecule has 3 N–H and O–H groups in total. The number of rotatable bonds is 5. The summed E-state index contributed by atoms with van der Waals surface area (Å²) >= 11 is 0. The summed E-state index contributed by atoms with van der Waals surface area (Å²) in [6, 6.07) is 9.04. The third-order valence-electron chi connectivity index (χ3n) is 3.96. The summed E-state index contributed by atoms with van der Waals surface area (Å²) in [7, 11) is 0. The molecule has 2 unspecified atom stereocenters. The van der Waals surface area contributed by atoms with E-state index >= 15 is 0 Å². The summed E-state index contributed by atoms with van der Waals surface area (Å²) in [5.74, 6) is 0.215. The molecule has 2 atom stereocenters. The largest absolute Gasteiger partial charge is 0.374 e. The zero-order valence-electron chi connectivity index (χ0n) is 13.6. The van der Waals surface area contributed by atoms with Gasteiger partial charge in [-0.25, -0.2) is 0 Å². The summed E-state index contributed by atoms with van der Waals surface area (Å²) < 4.78 is 4.97. The summed E-state index contributed by atoms with van der Waals surface area (Å²) in [6.45, 7) is 3.55. The van der Waals surface area contributed by atoms with Crippen molar-refractivity contribution in [2.45, 2.75) is 38.8 Å². The van der Waals surface area contributed by atoms with Crippen LogP contribution in [0, 0.1) is 6.92 Å². The van der Waals surface area contributed by atoms with Gasteiger partial charge in [-0.1, -0.05) is 17.3 Å². The first-order valence-electron chi connectivity index (χ1n) is 7.91. The molecule has 7 nitrogen and oxygen atoms in total. The third-order valence-corrected chi connectivity index (χ3v) is 3.96. The Labute approximate surface area is 139 Å². The fourth-order valence-corrected chi connectivity index (χ4v) is 2.64. The first-order chi connectivity index (χ1) is 11.5. The molecule has 2 amide bonds. The molecule has 7 heteroatoms. The van der Waals surface area contributed by atoms with Crippen molar-refractivity contribution >= 4 is 23.4 Å². The van der Waals surface area contributed by atoms with E-state index in [1.807, 2.05) is 24.3 Å². The van der Waals surface area contributed by atoms with E-state index in [-0.39, 0.29) is 17.9 Å². The van der Waals surface area contributed by atoms with Crippen molar-refractivity contribution in [1.82, 2.24) is 10.5 Å². The highest BCUT2D eigenvalue weighted by Gasteiger charge is 2.22. The Balaban J connectivity index is 1.56. The fraction of sp³-hybridized carbons (Fsp3) is 0.353. The molecule has 0 spiro atoms. The molecule has 0 bridgehead atoms. The molecule has 0 radical (unpaired) electrons. The quantitative estimate of drug-likeness (QED) is 0.783. The van der Waals surface area contributed by atoms with Gasteiger partial charge in [0.25, 0.3) is 0 Å². The van der Waals surface area contributed by atoms with Gasteiger partial charge in [-0.05, 0) is 38.0 Å². The molecular weight excluding hydrogens is 308 g/mol. The van der Waals surface area contributed by atoms with Crippen LogP contribution in [0.3, 0.4) is 0 Å². The SMILES string of the molecule is Cc1cc(NC(=O)C(C)Nc2ccc(C3CCC(=O)N3)cc2)on1. The lowest BCUT2D eigenvalue weighted by atomic mass is 10.1. The topological polar surface area (TPSA) is 96.3 Å². The van der Waals surface area contributed by atoms with E-state index in [2.05, 4.69) is 21.1 Å². The smallest absolute Gasteiger partial charge is 0.248 e. The highest BCUT2D eigenvalue weighted by Crippen LogP contribution is 2.25. The van der Waals surface area contributed by atoms with E-state index in [9.17, 15) is 9.59 Å². The number of aromatic nitrogens is 1. The Morgan fingerprint density at radius 2 is 2.12 bits per heavy atom. The van der Waals surface area contributed by atoms with Gasteiger partial charge in [0.1, 0.15) is 6.04 Å². The van der Waals surface area contributed by atoms with Crippen molar-refractivity contribution in [2.75, 3.05) is 10.6 Å². The molecule has 0 saturated carbocycles. The molecule has 2 aromatic rings. The Morgan fingerprint density at radius 3 is 2.71 bits per heavy atom. The zero-order valence-corrected chi connectivity index (χ0v) is 13.6. The van der Waals surface area contributed by atoms with Crippen molar-refractivity contribution in [2.24, 2.45) is 0 Å². The van der Waals surface area contributed by atoms with Crippen molar-refractivity contribution in [3.63, 3.8) is 0 Å². The molecule has 1 saturated heterocycles. The number of hydrogen-bond acceptors (Lipinski definition) is 5. The Kier molecular flexibility index (Phi) is 4.50. The van der Waals surface area contributed by atoms with Crippen LogP contribution in [-0.2, 0) is 9.59 Å². The van der Waals surface area contributed by atoms with Crippen molar-refractivity contribution in [3.05, 3.63) is 41.6 Å². The number of hydrogen-bond donors (Lipinski definition) is 3. The van der Waals surface area contributed by atoms with Gasteiger partial charge in [0.15, 0.2) is 0 Å². The molecule has 0 aliphatic carbocycles. The van der Waals surface area contributed by atoms with E-state index in [4.69, 9.17) is 4.52 Å². The van der Waals surface area contributed by atoms with Crippen LogP contribution in [0.1, 0.15) is 37.1 Å². The molecule has 1 aromatic carbocycles. The van der Waals surface area contributed by atoms with Crippen LogP contribution in [-0.4, -0.2) is 23.0 Å². The first kappa shape index (κ1) is 16.0. The lowest BCUT2D eigenvalue weighted by Gasteiger charge is -2.15. The minimum absolute atomic E-state index is 0.0852. The van der Waals surface area contributed by atoms with Crippen molar-refractivity contribution < 1.29 is 14.1 Å². The molecular formula is C17H20N4O3. The fourth-order valence-electron chi connectivity index (χ4n) is 2.64. The van der Waals surface area contributed by atoms with Crippen molar-refractivity contribution in [3.8, 4) is 0 Å². The number of anilines is 2. The summed E-state index contributed by atoms with van der Waals surface area (Å²) in [5.41, 5.74) is 2.61. The summed E-state index contributed by atoms with van der Waals surface area (Å²) in [6.07, 6.45) is 1.39. The second-order valence-electron chi connectivity index (χ2n) is 5.97. The molecule has 1 aromatic heterocycles. The number of aryl methyl sites for hydroxylation is 1. The van der Waals surface area contributed by atoms with E-state index in [1.165, 1.54) is 0 Å². The highest BCUT2D eigenvalue weighted by atomic mass is 16.5. The lowest BCUT2D eigenvalue weighted by Crippen LogP contribution is -2.31. The molecule has 1 fully saturated rings. The highest BCUT2D eigenvalue weighted by molar-refractivity contribution is 5.95. The van der Waals surface area contributed by atoms with Gasteiger partial charge in [0, 0.05) is 18.2 Å². The van der Waals surface area contributed by atoms with E-state index in [0.29, 0.717) is 18.0 Å². The maximum Gasteiger partial charge on any atom is 0.248 e. The van der Waals surface area contributed by atoms with Gasteiger partial charge < -0.3 is 15.2 Å². The van der Waals surface area contributed by atoms with Crippen LogP contribution in [0.25, 0.3) is 0 Å². The molecule has 2 heterocycles. The molecule has 24 heavy (non-hydrogen) atoms. The van der Waals surface area contributed by atoms with Gasteiger partial charge in [-0.15, -0.1) is 0 Å². The molecule has 1 aliphatic rings. The van der Waals surface area contributed by atoms with Crippen molar-refractivity contribution in [1.29, 1.82) is 0 Å². The van der Waals surface area contributed by atoms with Crippen LogP contribution in [0.15, 0.2) is 34.9 Å². The van der Waals surface area contributed by atoms with E-state index in [1.54, 1.807) is 19.9 Å². The monoisotopic (exact) mass is 328 g/mol. The van der Waals surface area contributed by atoms with Gasteiger partial charge in [-0.2, -0.15) is 0 Å². The molecule has 3 rings (SSSR count). The van der Waals surface area contributed by atoms with Gasteiger partial charge >= 0.3 is 0 Å². The van der Waals surface area contributed by atoms with Crippen LogP contribution in [0.4, 0.5) is 11.6 Å². The Morgan fingerprint density at radius 1 is 1.38 bits per heavy atom. The average molecular weight is 328 g/mol. The maximum atomic E-state index is 12.1. The standard InChI is InChI=1S/C17H20N4O3/c1-10-9-16(24-21-10)20-17(23)11(2)18-13-5-3-12(4-6-13)14-7-8-15(22)19-14/h3-6,9,11,14,18H,7-8H2,1-2H3,(H,19,22)(H,20,23). The average Bonchev–Trinajstić information content (AvgIpc) is 3.16. The van der Waals surface area contributed by atoms with Crippen LogP contribution < -0.4 is 16.0 Å². The van der Waals surface area contributed by atoms with Crippen LogP contribution >= 0.6 is 0 Å². The third kappa shape index (κ3) is 3.73. The van der Waals surface area contributed by atoms with Crippen LogP contribution in [0.2, 0.25) is 0 Å². The van der Waals surface area contributed by atoms with Crippen LogP contribution in [0.5, 0.6) is 0 Å².